The molecule has 3 heteroatoms. The van der Waals surface area contributed by atoms with Gasteiger partial charge < -0.3 is 9.73 Å². The van der Waals surface area contributed by atoms with E-state index in [1.165, 1.54) is 0 Å². The van der Waals surface area contributed by atoms with E-state index in [9.17, 15) is 0 Å². The average Bonchev–Trinajstić information content (AvgIpc) is 3.17. The van der Waals surface area contributed by atoms with Gasteiger partial charge in [0.15, 0.2) is 0 Å². The standard InChI is InChI=1S/C17H14N2O/c1-2-4-15-14(3-1)11-16(20-15)12-5-7-13(8-6-12)17-18-9-10-19-17/h1-8,11H,9-10H2,(H,18,19). The molecule has 4 rings (SSSR count). The number of hydrogen-bond donors (Lipinski definition) is 1. The first kappa shape index (κ1) is 11.3. The van der Waals surface area contributed by atoms with E-state index in [2.05, 4.69) is 46.7 Å². The average molecular weight is 262 g/mol. The molecule has 0 atom stereocenters. The molecule has 3 nitrogen and oxygen atoms in total. The van der Waals surface area contributed by atoms with Crippen LogP contribution in [0.4, 0.5) is 0 Å². The number of hydrogen-bond acceptors (Lipinski definition) is 3. The molecule has 0 bridgehead atoms. The van der Waals surface area contributed by atoms with Crippen LogP contribution in [0.25, 0.3) is 22.3 Å². The van der Waals surface area contributed by atoms with Gasteiger partial charge in [0.25, 0.3) is 0 Å². The fraction of sp³-hybridized carbons (Fsp3) is 0.118. The van der Waals surface area contributed by atoms with Crippen LogP contribution in [0.1, 0.15) is 5.56 Å². The first-order valence-electron chi connectivity index (χ1n) is 6.78. The lowest BCUT2D eigenvalue weighted by Crippen LogP contribution is -2.19. The number of fused-ring (bicyclic) bond motifs is 1. The molecule has 0 fully saturated rings. The maximum Gasteiger partial charge on any atom is 0.135 e. The van der Waals surface area contributed by atoms with Gasteiger partial charge in [-0.2, -0.15) is 0 Å². The second-order valence-corrected chi connectivity index (χ2v) is 4.88. The highest BCUT2D eigenvalue weighted by atomic mass is 16.3. The first-order valence-corrected chi connectivity index (χ1v) is 6.78. The minimum absolute atomic E-state index is 0.862. The molecule has 2 aromatic carbocycles. The van der Waals surface area contributed by atoms with Gasteiger partial charge in [-0.25, -0.2) is 0 Å². The minimum Gasteiger partial charge on any atom is -0.456 e. The van der Waals surface area contributed by atoms with E-state index < -0.39 is 0 Å². The lowest BCUT2D eigenvalue weighted by atomic mass is 10.1. The molecule has 0 amide bonds. The summed E-state index contributed by atoms with van der Waals surface area (Å²) in [6.45, 7) is 1.79. The maximum atomic E-state index is 5.87. The van der Waals surface area contributed by atoms with Crippen molar-refractivity contribution in [1.82, 2.24) is 5.32 Å². The largest absolute Gasteiger partial charge is 0.456 e. The summed E-state index contributed by atoms with van der Waals surface area (Å²) in [5.74, 6) is 1.89. The number of nitrogens with zero attached hydrogens (tertiary/aromatic N) is 1. The van der Waals surface area contributed by atoms with Crippen LogP contribution in [0, 0.1) is 0 Å². The molecule has 1 aliphatic rings. The highest BCUT2D eigenvalue weighted by Gasteiger charge is 2.09. The second kappa shape index (κ2) is 4.53. The molecule has 20 heavy (non-hydrogen) atoms. The maximum absolute atomic E-state index is 5.87. The van der Waals surface area contributed by atoms with Crippen molar-refractivity contribution >= 4 is 16.8 Å². The van der Waals surface area contributed by atoms with Gasteiger partial charge in [0.05, 0.1) is 6.54 Å². The zero-order valence-corrected chi connectivity index (χ0v) is 11.0. The Labute approximate surface area is 116 Å². The van der Waals surface area contributed by atoms with Crippen LogP contribution in [-0.4, -0.2) is 18.9 Å². The Bertz CT molecular complexity index is 751. The highest BCUT2D eigenvalue weighted by molar-refractivity contribution is 6.00. The Morgan fingerprint density at radius 3 is 2.50 bits per heavy atom. The fourth-order valence-electron chi connectivity index (χ4n) is 2.51. The van der Waals surface area contributed by atoms with E-state index >= 15 is 0 Å². The topological polar surface area (TPSA) is 37.5 Å². The van der Waals surface area contributed by atoms with E-state index in [1.54, 1.807) is 0 Å². The molecule has 0 saturated carbocycles. The number of amidine groups is 1. The van der Waals surface area contributed by atoms with Crippen molar-refractivity contribution in [3.8, 4) is 11.3 Å². The van der Waals surface area contributed by atoms with Crippen LogP contribution < -0.4 is 5.32 Å². The zero-order chi connectivity index (χ0) is 13.4. The van der Waals surface area contributed by atoms with Crippen LogP contribution in [0.3, 0.4) is 0 Å². The molecular weight excluding hydrogens is 248 g/mol. The number of rotatable bonds is 2. The third kappa shape index (κ3) is 1.88. The Morgan fingerprint density at radius 1 is 0.950 bits per heavy atom. The predicted molar refractivity (Wildman–Crippen MR) is 81.1 cm³/mol. The monoisotopic (exact) mass is 262 g/mol. The van der Waals surface area contributed by atoms with Gasteiger partial charge in [-0.3, -0.25) is 4.99 Å². The van der Waals surface area contributed by atoms with Crippen LogP contribution >= 0.6 is 0 Å². The molecule has 0 radical (unpaired) electrons. The first-order chi connectivity index (χ1) is 9.90. The second-order valence-electron chi connectivity index (χ2n) is 4.88. The minimum atomic E-state index is 0.862. The van der Waals surface area contributed by atoms with Gasteiger partial charge in [0.1, 0.15) is 17.2 Å². The Hall–Kier alpha value is -2.55. The summed E-state index contributed by atoms with van der Waals surface area (Å²) < 4.78 is 5.87. The molecule has 98 valence electrons. The third-order valence-corrected chi connectivity index (χ3v) is 3.54. The normalized spacial score (nSPS) is 14.3. The molecule has 1 N–H and O–H groups in total. The molecule has 3 aromatic rings. The summed E-state index contributed by atoms with van der Waals surface area (Å²) in [7, 11) is 0. The van der Waals surface area contributed by atoms with Crippen LogP contribution in [0.15, 0.2) is 64.0 Å². The Balaban J connectivity index is 1.71. The summed E-state index contributed by atoms with van der Waals surface area (Å²) in [5, 5.41) is 4.41. The molecule has 0 spiro atoms. The number of benzene rings is 2. The molecule has 2 heterocycles. The summed E-state index contributed by atoms with van der Waals surface area (Å²) in [6, 6.07) is 18.5. The summed E-state index contributed by atoms with van der Waals surface area (Å²) >= 11 is 0. The van der Waals surface area contributed by atoms with Crippen LogP contribution in [-0.2, 0) is 0 Å². The quantitative estimate of drug-likeness (QED) is 0.768. The van der Waals surface area contributed by atoms with Crippen molar-refractivity contribution in [2.45, 2.75) is 0 Å². The number of nitrogens with one attached hydrogen (secondary N) is 1. The summed E-state index contributed by atoms with van der Waals surface area (Å²) in [6.07, 6.45) is 0. The number of para-hydroxylation sites is 1. The zero-order valence-electron chi connectivity index (χ0n) is 11.0. The molecule has 0 unspecified atom stereocenters. The number of aliphatic imine (C=N–C) groups is 1. The number of furan rings is 1. The Morgan fingerprint density at radius 2 is 1.75 bits per heavy atom. The molecule has 1 aliphatic heterocycles. The van der Waals surface area contributed by atoms with E-state index in [0.717, 1.165) is 46.8 Å². The van der Waals surface area contributed by atoms with E-state index in [4.69, 9.17) is 4.42 Å². The predicted octanol–water partition coefficient (Wildman–Crippen LogP) is 3.45. The summed E-state index contributed by atoms with van der Waals surface area (Å²) in [5.41, 5.74) is 3.14. The van der Waals surface area contributed by atoms with Crippen LogP contribution in [0.2, 0.25) is 0 Å². The van der Waals surface area contributed by atoms with Gasteiger partial charge >= 0.3 is 0 Å². The molecule has 0 saturated heterocycles. The molecular formula is C17H14N2O. The smallest absolute Gasteiger partial charge is 0.135 e. The van der Waals surface area contributed by atoms with Crippen molar-refractivity contribution < 1.29 is 4.42 Å². The van der Waals surface area contributed by atoms with Crippen molar-refractivity contribution in [3.63, 3.8) is 0 Å². The lowest BCUT2D eigenvalue weighted by Gasteiger charge is -2.03. The summed E-state index contributed by atoms with van der Waals surface area (Å²) in [4.78, 5) is 4.43. The van der Waals surface area contributed by atoms with Gasteiger partial charge in [-0.05, 0) is 12.1 Å². The van der Waals surface area contributed by atoms with E-state index in [1.807, 2.05) is 18.2 Å². The highest BCUT2D eigenvalue weighted by Crippen LogP contribution is 2.27. The van der Waals surface area contributed by atoms with Crippen LogP contribution in [0.5, 0.6) is 0 Å². The van der Waals surface area contributed by atoms with Gasteiger partial charge in [-0.15, -0.1) is 0 Å². The van der Waals surface area contributed by atoms with E-state index in [-0.39, 0.29) is 0 Å². The molecule has 1 aromatic heterocycles. The van der Waals surface area contributed by atoms with Crippen molar-refractivity contribution in [3.05, 3.63) is 60.2 Å². The van der Waals surface area contributed by atoms with Gasteiger partial charge in [0, 0.05) is 23.1 Å². The van der Waals surface area contributed by atoms with E-state index in [0.29, 0.717) is 0 Å². The third-order valence-electron chi connectivity index (χ3n) is 3.54. The van der Waals surface area contributed by atoms with Crippen molar-refractivity contribution in [2.24, 2.45) is 4.99 Å². The van der Waals surface area contributed by atoms with Crippen molar-refractivity contribution in [2.75, 3.05) is 13.1 Å². The Kier molecular flexibility index (Phi) is 2.56. The van der Waals surface area contributed by atoms with Gasteiger partial charge in [0.2, 0.25) is 0 Å². The van der Waals surface area contributed by atoms with Crippen molar-refractivity contribution in [1.29, 1.82) is 0 Å². The SMILES string of the molecule is c1ccc2oc(-c3ccc(C4=NCCN4)cc3)cc2c1. The lowest BCUT2D eigenvalue weighted by molar-refractivity contribution is 0.631. The van der Waals surface area contributed by atoms with Gasteiger partial charge in [-0.1, -0.05) is 42.5 Å². The fourth-order valence-corrected chi connectivity index (χ4v) is 2.51. The molecule has 0 aliphatic carbocycles.